The molecular weight excluding hydrogens is 292 g/mol. The van der Waals surface area contributed by atoms with E-state index in [0.717, 1.165) is 43.0 Å². The van der Waals surface area contributed by atoms with Gasteiger partial charge in [0.15, 0.2) is 0 Å². The molecule has 0 aliphatic rings. The van der Waals surface area contributed by atoms with Gasteiger partial charge in [-0.15, -0.1) is 0 Å². The molecule has 1 aromatic rings. The molecule has 3 nitrogen and oxygen atoms in total. The average molecular weight is 327 g/mol. The van der Waals surface area contributed by atoms with E-state index in [0.29, 0.717) is 5.56 Å². The molecule has 1 aromatic carbocycles. The van der Waals surface area contributed by atoms with Crippen molar-refractivity contribution in [2.24, 2.45) is 11.7 Å². The highest BCUT2D eigenvalue weighted by molar-refractivity contribution is 7.97. The van der Waals surface area contributed by atoms with Crippen molar-refractivity contribution in [1.82, 2.24) is 4.72 Å². The molecule has 0 spiro atoms. The highest BCUT2D eigenvalue weighted by Crippen LogP contribution is 2.14. The van der Waals surface area contributed by atoms with E-state index in [1.54, 1.807) is 11.9 Å². The van der Waals surface area contributed by atoms with Crippen molar-refractivity contribution in [3.8, 4) is 0 Å². The SMILES string of the molecule is CC.CC(C)C.NCCCCCNSc1ccc(C=O)cc1. The van der Waals surface area contributed by atoms with Gasteiger partial charge in [-0.2, -0.15) is 0 Å². The molecule has 0 saturated carbocycles. The summed E-state index contributed by atoms with van der Waals surface area (Å²) in [7, 11) is 0. The van der Waals surface area contributed by atoms with Crippen LogP contribution < -0.4 is 10.5 Å². The van der Waals surface area contributed by atoms with Crippen LogP contribution in [-0.4, -0.2) is 19.4 Å². The van der Waals surface area contributed by atoms with Crippen LogP contribution in [0.15, 0.2) is 29.2 Å². The van der Waals surface area contributed by atoms with E-state index in [1.807, 2.05) is 38.1 Å². The minimum atomic E-state index is 0.715. The highest BCUT2D eigenvalue weighted by Gasteiger charge is 1.94. The maximum Gasteiger partial charge on any atom is 0.150 e. The van der Waals surface area contributed by atoms with Crippen LogP contribution in [0.2, 0.25) is 0 Å². The third kappa shape index (κ3) is 17.2. The maximum atomic E-state index is 10.4. The van der Waals surface area contributed by atoms with Crippen molar-refractivity contribution in [1.29, 1.82) is 0 Å². The number of hydrogen-bond acceptors (Lipinski definition) is 4. The summed E-state index contributed by atoms with van der Waals surface area (Å²) >= 11 is 1.60. The van der Waals surface area contributed by atoms with Gasteiger partial charge in [0.1, 0.15) is 6.29 Å². The first-order chi connectivity index (χ1) is 10.6. The third-order valence-electron chi connectivity index (χ3n) is 2.19. The van der Waals surface area contributed by atoms with Gasteiger partial charge < -0.3 is 5.73 Å². The van der Waals surface area contributed by atoms with Gasteiger partial charge in [-0.1, -0.05) is 53.2 Å². The minimum absolute atomic E-state index is 0.715. The second-order valence-corrected chi connectivity index (χ2v) is 6.23. The Morgan fingerprint density at radius 3 is 2.09 bits per heavy atom. The second kappa shape index (κ2) is 18.2. The van der Waals surface area contributed by atoms with Crippen molar-refractivity contribution in [3.05, 3.63) is 29.8 Å². The van der Waals surface area contributed by atoms with Gasteiger partial charge in [0, 0.05) is 17.0 Å². The van der Waals surface area contributed by atoms with Gasteiger partial charge in [-0.3, -0.25) is 9.52 Å². The molecule has 3 N–H and O–H groups in total. The van der Waals surface area contributed by atoms with Crippen LogP contribution in [0.1, 0.15) is 64.2 Å². The monoisotopic (exact) mass is 326 g/mol. The molecule has 0 radical (unpaired) electrons. The summed E-state index contributed by atoms with van der Waals surface area (Å²) < 4.78 is 3.29. The van der Waals surface area contributed by atoms with Crippen molar-refractivity contribution in [2.45, 2.75) is 58.8 Å². The first-order valence-corrected chi connectivity index (χ1v) is 9.06. The molecule has 0 saturated heterocycles. The summed E-state index contributed by atoms with van der Waals surface area (Å²) in [6.45, 7) is 12.3. The van der Waals surface area contributed by atoms with E-state index < -0.39 is 0 Å². The fourth-order valence-corrected chi connectivity index (χ4v) is 1.95. The predicted octanol–water partition coefficient (Wildman–Crippen LogP) is 4.91. The topological polar surface area (TPSA) is 55.1 Å². The summed E-state index contributed by atoms with van der Waals surface area (Å²) in [6.07, 6.45) is 4.28. The Balaban J connectivity index is 0. The van der Waals surface area contributed by atoms with Crippen molar-refractivity contribution >= 4 is 18.2 Å². The lowest BCUT2D eigenvalue weighted by Gasteiger charge is -2.03. The number of nitrogens with one attached hydrogen (secondary N) is 1. The van der Waals surface area contributed by atoms with E-state index in [1.165, 1.54) is 6.42 Å². The van der Waals surface area contributed by atoms with Crippen LogP contribution >= 0.6 is 11.9 Å². The Kier molecular flexibility index (Phi) is 19.4. The molecule has 0 aliphatic heterocycles. The Morgan fingerprint density at radius 2 is 1.64 bits per heavy atom. The number of aldehydes is 1. The Hall–Kier alpha value is -0.840. The molecule has 0 aliphatic carbocycles. The Bertz CT molecular complexity index is 337. The van der Waals surface area contributed by atoms with Crippen LogP contribution in [0.3, 0.4) is 0 Å². The van der Waals surface area contributed by atoms with Gasteiger partial charge in [-0.25, -0.2) is 0 Å². The number of carbonyl (C=O) groups excluding carboxylic acids is 1. The molecule has 0 aromatic heterocycles. The molecule has 22 heavy (non-hydrogen) atoms. The van der Waals surface area contributed by atoms with Crippen molar-refractivity contribution in [3.63, 3.8) is 0 Å². The van der Waals surface area contributed by atoms with Crippen LogP contribution in [0.4, 0.5) is 0 Å². The third-order valence-corrected chi connectivity index (χ3v) is 3.05. The molecule has 128 valence electrons. The van der Waals surface area contributed by atoms with Crippen molar-refractivity contribution in [2.75, 3.05) is 13.1 Å². The van der Waals surface area contributed by atoms with E-state index in [2.05, 4.69) is 25.5 Å². The lowest BCUT2D eigenvalue weighted by molar-refractivity contribution is 0.112. The van der Waals surface area contributed by atoms with Crippen LogP contribution in [-0.2, 0) is 0 Å². The second-order valence-electron chi connectivity index (χ2n) is 5.26. The normalized spacial score (nSPS) is 9.41. The number of carbonyl (C=O) groups is 1. The molecule has 0 unspecified atom stereocenters. The quantitative estimate of drug-likeness (QED) is 0.405. The number of hydrogen-bond donors (Lipinski definition) is 2. The number of benzene rings is 1. The van der Waals surface area contributed by atoms with Gasteiger partial charge >= 0.3 is 0 Å². The Labute approximate surface area is 141 Å². The molecule has 0 bridgehead atoms. The molecule has 4 heteroatoms. The molecule has 0 heterocycles. The first kappa shape index (κ1) is 23.4. The zero-order chi connectivity index (χ0) is 17.2. The lowest BCUT2D eigenvalue weighted by Crippen LogP contribution is -2.06. The molecule has 1 rings (SSSR count). The van der Waals surface area contributed by atoms with E-state index in [-0.39, 0.29) is 0 Å². The lowest BCUT2D eigenvalue weighted by atomic mass is 10.2. The minimum Gasteiger partial charge on any atom is -0.330 e. The number of nitrogens with two attached hydrogens (primary N) is 1. The smallest absolute Gasteiger partial charge is 0.150 e. The van der Waals surface area contributed by atoms with E-state index >= 15 is 0 Å². The average Bonchev–Trinajstić information content (AvgIpc) is 2.53. The van der Waals surface area contributed by atoms with Gasteiger partial charge in [0.05, 0.1) is 0 Å². The number of rotatable bonds is 8. The first-order valence-electron chi connectivity index (χ1n) is 8.25. The van der Waals surface area contributed by atoms with Gasteiger partial charge in [-0.05, 0) is 49.4 Å². The molecule has 0 atom stereocenters. The van der Waals surface area contributed by atoms with Crippen LogP contribution in [0.25, 0.3) is 0 Å². The fraction of sp³-hybridized carbons (Fsp3) is 0.611. The molecule has 0 fully saturated rings. The van der Waals surface area contributed by atoms with E-state index in [9.17, 15) is 4.79 Å². The largest absolute Gasteiger partial charge is 0.330 e. The summed E-state index contributed by atoms with van der Waals surface area (Å²) in [5.41, 5.74) is 6.12. The van der Waals surface area contributed by atoms with Crippen LogP contribution in [0.5, 0.6) is 0 Å². The summed E-state index contributed by atoms with van der Waals surface area (Å²) in [5.74, 6) is 0.833. The standard InChI is InChI=1S/C12H18N2OS.C4H10.C2H6/c13-8-2-1-3-9-14-16-12-6-4-11(10-15)5-7-12;1-4(2)3;1-2/h4-7,10,14H,1-3,8-9,13H2;4H,1-3H3;1-2H3. The maximum absolute atomic E-state index is 10.4. The number of unbranched alkanes of at least 4 members (excludes halogenated alkanes) is 2. The molecule has 0 amide bonds. The zero-order valence-corrected chi connectivity index (χ0v) is 15.7. The van der Waals surface area contributed by atoms with Crippen LogP contribution in [0, 0.1) is 5.92 Å². The summed E-state index contributed by atoms with van der Waals surface area (Å²) in [5, 5.41) is 0. The summed E-state index contributed by atoms with van der Waals surface area (Å²) in [4.78, 5) is 11.6. The van der Waals surface area contributed by atoms with Gasteiger partial charge in [0.2, 0.25) is 0 Å². The Morgan fingerprint density at radius 1 is 1.09 bits per heavy atom. The fourth-order valence-electron chi connectivity index (χ4n) is 1.27. The van der Waals surface area contributed by atoms with Gasteiger partial charge in [0.25, 0.3) is 0 Å². The zero-order valence-electron chi connectivity index (χ0n) is 14.9. The highest BCUT2D eigenvalue weighted by atomic mass is 32.2. The molecular formula is C18H34N2OS. The van der Waals surface area contributed by atoms with E-state index in [4.69, 9.17) is 5.73 Å². The predicted molar refractivity (Wildman–Crippen MR) is 100 cm³/mol. The summed E-state index contributed by atoms with van der Waals surface area (Å²) in [6, 6.07) is 7.54. The van der Waals surface area contributed by atoms with Crippen molar-refractivity contribution < 1.29 is 4.79 Å².